The van der Waals surface area contributed by atoms with Gasteiger partial charge in [0.15, 0.2) is 0 Å². The van der Waals surface area contributed by atoms with E-state index in [1.165, 1.54) is 0 Å². The van der Waals surface area contributed by atoms with E-state index in [2.05, 4.69) is 9.97 Å². The first-order valence-electron chi connectivity index (χ1n) is 9.10. The molecule has 2 saturated heterocycles. The number of aromatic amines is 1. The summed E-state index contributed by atoms with van der Waals surface area (Å²) in [5.74, 6) is 0.519. The van der Waals surface area contributed by atoms with Crippen molar-refractivity contribution in [2.24, 2.45) is 5.41 Å². The fourth-order valence-corrected chi connectivity index (χ4v) is 4.30. The summed E-state index contributed by atoms with van der Waals surface area (Å²) in [7, 11) is 0. The van der Waals surface area contributed by atoms with Gasteiger partial charge in [0.05, 0.1) is 11.6 Å². The van der Waals surface area contributed by atoms with Gasteiger partial charge in [0, 0.05) is 50.9 Å². The van der Waals surface area contributed by atoms with Crippen LogP contribution >= 0.6 is 11.8 Å². The number of imidazole rings is 1. The van der Waals surface area contributed by atoms with Gasteiger partial charge in [-0.2, -0.15) is 11.8 Å². The second kappa shape index (κ2) is 7.81. The normalized spacial score (nSPS) is 21.6. The zero-order chi connectivity index (χ0) is 17.9. The summed E-state index contributed by atoms with van der Waals surface area (Å²) < 4.78 is 0. The fourth-order valence-electron chi connectivity index (χ4n) is 3.95. The summed E-state index contributed by atoms with van der Waals surface area (Å²) in [6.45, 7) is 5.21. The largest absolute Gasteiger partial charge is 0.348 e. The zero-order valence-electron chi connectivity index (χ0n) is 15.2. The van der Waals surface area contributed by atoms with Crippen molar-refractivity contribution in [3.63, 3.8) is 0 Å². The van der Waals surface area contributed by atoms with Gasteiger partial charge in [-0.25, -0.2) is 4.98 Å². The Morgan fingerprint density at radius 3 is 2.80 bits per heavy atom. The second-order valence-corrected chi connectivity index (χ2v) is 8.52. The third kappa shape index (κ3) is 4.19. The first-order valence-corrected chi connectivity index (χ1v) is 10.4. The summed E-state index contributed by atoms with van der Waals surface area (Å²) in [4.78, 5) is 35.9. The summed E-state index contributed by atoms with van der Waals surface area (Å²) in [6, 6.07) is 0. The van der Waals surface area contributed by atoms with E-state index in [0.717, 1.165) is 57.6 Å². The third-order valence-electron chi connectivity index (χ3n) is 5.79. The number of rotatable bonds is 5. The molecule has 2 amide bonds. The lowest BCUT2D eigenvalue weighted by atomic mass is 9.72. The molecule has 0 radical (unpaired) electrons. The predicted octanol–water partition coefficient (Wildman–Crippen LogP) is 1.93. The maximum atomic E-state index is 12.4. The zero-order valence-corrected chi connectivity index (χ0v) is 16.0. The molecular formula is C18H28N4O2S. The highest BCUT2D eigenvalue weighted by Crippen LogP contribution is 2.40. The highest BCUT2D eigenvalue weighted by molar-refractivity contribution is 7.99. The van der Waals surface area contributed by atoms with Gasteiger partial charge in [-0.05, 0) is 37.9 Å². The summed E-state index contributed by atoms with van der Waals surface area (Å²) in [5, 5.41) is 0.0351. The molecule has 2 fully saturated rings. The molecule has 0 bridgehead atoms. The lowest BCUT2D eigenvalue weighted by Crippen LogP contribution is -2.53. The van der Waals surface area contributed by atoms with Gasteiger partial charge < -0.3 is 14.8 Å². The molecular weight excluding hydrogens is 336 g/mol. The van der Waals surface area contributed by atoms with Crippen molar-refractivity contribution in [1.82, 2.24) is 19.8 Å². The number of piperidine rings is 2. The average molecular weight is 365 g/mol. The Hall–Kier alpha value is -1.50. The van der Waals surface area contributed by atoms with Crippen molar-refractivity contribution in [2.75, 3.05) is 32.4 Å². The van der Waals surface area contributed by atoms with Crippen LogP contribution in [0.15, 0.2) is 12.5 Å². The van der Waals surface area contributed by atoms with Gasteiger partial charge in [-0.3, -0.25) is 9.59 Å². The van der Waals surface area contributed by atoms with Crippen LogP contribution in [0.4, 0.5) is 0 Å². The van der Waals surface area contributed by atoms with Crippen molar-refractivity contribution in [2.45, 2.75) is 44.3 Å². The molecule has 138 valence electrons. The number of carbonyl (C=O) groups is 2. The Labute approximate surface area is 153 Å². The number of aromatic nitrogens is 2. The van der Waals surface area contributed by atoms with Crippen LogP contribution in [0.2, 0.25) is 0 Å². The molecule has 6 nitrogen and oxygen atoms in total. The van der Waals surface area contributed by atoms with E-state index in [9.17, 15) is 9.59 Å². The van der Waals surface area contributed by atoms with Crippen LogP contribution in [-0.4, -0.2) is 69.3 Å². The monoisotopic (exact) mass is 364 g/mol. The Kier molecular flexibility index (Phi) is 5.71. The number of nitrogens with one attached hydrogen (secondary N) is 1. The Morgan fingerprint density at radius 1 is 1.40 bits per heavy atom. The van der Waals surface area contributed by atoms with Crippen molar-refractivity contribution in [1.29, 1.82) is 0 Å². The summed E-state index contributed by atoms with van der Waals surface area (Å²) >= 11 is 1.61. The van der Waals surface area contributed by atoms with Crippen molar-refractivity contribution >= 4 is 23.6 Å². The molecule has 7 heteroatoms. The molecule has 1 N–H and O–H groups in total. The molecule has 0 aliphatic carbocycles. The molecule has 2 aliphatic rings. The summed E-state index contributed by atoms with van der Waals surface area (Å²) in [5.41, 5.74) is 1.26. The molecule has 1 atom stereocenters. The topological polar surface area (TPSA) is 69.3 Å². The molecule has 25 heavy (non-hydrogen) atoms. The summed E-state index contributed by atoms with van der Waals surface area (Å²) in [6.07, 6.45) is 9.92. The first-order chi connectivity index (χ1) is 12.0. The van der Waals surface area contributed by atoms with Gasteiger partial charge >= 0.3 is 0 Å². The van der Waals surface area contributed by atoms with Gasteiger partial charge in [-0.15, -0.1) is 0 Å². The molecule has 3 rings (SSSR count). The van der Waals surface area contributed by atoms with Crippen LogP contribution in [-0.2, 0) is 16.0 Å². The Balaban J connectivity index is 1.56. The van der Waals surface area contributed by atoms with Gasteiger partial charge in [0.25, 0.3) is 0 Å². The molecule has 0 aromatic carbocycles. The SMILES string of the molecule is CS[C@@H](C)C(=O)N1CCC2(CCC(=O)N(CCc3cnc[nH]3)C2)CC1. The minimum atomic E-state index is 0.0351. The first kappa shape index (κ1) is 18.3. The van der Waals surface area contributed by atoms with Gasteiger partial charge in [0.1, 0.15) is 0 Å². The minimum Gasteiger partial charge on any atom is -0.348 e. The molecule has 1 aromatic rings. The Bertz CT molecular complexity index is 596. The van der Waals surface area contributed by atoms with Gasteiger partial charge in [-0.1, -0.05) is 0 Å². The maximum Gasteiger partial charge on any atom is 0.235 e. The molecule has 0 unspecified atom stereocenters. The van der Waals surface area contributed by atoms with Crippen molar-refractivity contribution in [3.8, 4) is 0 Å². The molecule has 0 saturated carbocycles. The van der Waals surface area contributed by atoms with Crippen LogP contribution in [0, 0.1) is 5.41 Å². The van der Waals surface area contributed by atoms with Crippen LogP contribution in [0.3, 0.4) is 0 Å². The van der Waals surface area contributed by atoms with E-state index in [0.29, 0.717) is 6.42 Å². The van der Waals surface area contributed by atoms with E-state index in [4.69, 9.17) is 0 Å². The van der Waals surface area contributed by atoms with Crippen LogP contribution in [0.5, 0.6) is 0 Å². The van der Waals surface area contributed by atoms with E-state index < -0.39 is 0 Å². The van der Waals surface area contributed by atoms with Crippen LogP contribution in [0.25, 0.3) is 0 Å². The maximum absolute atomic E-state index is 12.4. The highest BCUT2D eigenvalue weighted by Gasteiger charge is 2.41. The van der Waals surface area contributed by atoms with Gasteiger partial charge in [0.2, 0.25) is 11.8 Å². The number of likely N-dealkylation sites (tertiary alicyclic amines) is 2. The van der Waals surface area contributed by atoms with E-state index in [-0.39, 0.29) is 22.5 Å². The second-order valence-electron chi connectivity index (χ2n) is 7.35. The van der Waals surface area contributed by atoms with Crippen molar-refractivity contribution in [3.05, 3.63) is 18.2 Å². The number of carbonyl (C=O) groups excluding carboxylic acids is 2. The smallest absolute Gasteiger partial charge is 0.235 e. The minimum absolute atomic E-state index is 0.0351. The Morgan fingerprint density at radius 2 is 2.16 bits per heavy atom. The number of hydrogen-bond acceptors (Lipinski definition) is 4. The third-order valence-corrected chi connectivity index (χ3v) is 6.70. The van der Waals surface area contributed by atoms with Crippen LogP contribution < -0.4 is 0 Å². The standard InChI is InChI=1S/C18H28N4O2S/c1-14(25-2)17(24)21-9-6-18(7-10-21)5-3-16(23)22(12-18)8-4-15-11-19-13-20-15/h11,13-14H,3-10,12H2,1-2H3,(H,19,20)/t14-/m0/s1. The average Bonchev–Trinajstić information content (AvgIpc) is 3.15. The van der Waals surface area contributed by atoms with E-state index >= 15 is 0 Å². The quantitative estimate of drug-likeness (QED) is 0.867. The van der Waals surface area contributed by atoms with E-state index in [1.54, 1.807) is 18.1 Å². The van der Waals surface area contributed by atoms with Crippen LogP contribution in [0.1, 0.15) is 38.3 Å². The highest BCUT2D eigenvalue weighted by atomic mass is 32.2. The number of thioether (sulfide) groups is 1. The van der Waals surface area contributed by atoms with Crippen molar-refractivity contribution < 1.29 is 9.59 Å². The lowest BCUT2D eigenvalue weighted by Gasteiger charge is -2.47. The number of H-pyrrole nitrogens is 1. The molecule has 1 spiro atoms. The lowest BCUT2D eigenvalue weighted by molar-refractivity contribution is -0.142. The predicted molar refractivity (Wildman–Crippen MR) is 99.3 cm³/mol. The molecule has 3 heterocycles. The fraction of sp³-hybridized carbons (Fsp3) is 0.722. The number of nitrogens with zero attached hydrogens (tertiary/aromatic N) is 3. The molecule has 2 aliphatic heterocycles. The molecule has 1 aromatic heterocycles. The number of amides is 2. The number of hydrogen-bond donors (Lipinski definition) is 1. The van der Waals surface area contributed by atoms with E-state index in [1.807, 2.05) is 29.2 Å².